The fraction of sp³-hybridized carbons (Fsp3) is 0.312. The number of hydrogen-bond acceptors (Lipinski definition) is 1. The van der Waals surface area contributed by atoms with Gasteiger partial charge in [-0.05, 0) is 60.7 Å². The zero-order valence-electron chi connectivity index (χ0n) is 10.8. The molecule has 2 nitrogen and oxygen atoms in total. The first-order chi connectivity index (χ1) is 9.13. The van der Waals surface area contributed by atoms with Gasteiger partial charge in [0.05, 0.1) is 0 Å². The van der Waals surface area contributed by atoms with Crippen molar-refractivity contribution in [3.05, 3.63) is 46.4 Å². The highest BCUT2D eigenvalue weighted by Gasteiger charge is 2.29. The quantitative estimate of drug-likeness (QED) is 0.906. The van der Waals surface area contributed by atoms with Gasteiger partial charge in [0.2, 0.25) is 0 Å². The second kappa shape index (κ2) is 4.97. The van der Waals surface area contributed by atoms with Gasteiger partial charge in [-0.1, -0.05) is 28.1 Å². The van der Waals surface area contributed by atoms with Crippen molar-refractivity contribution in [2.24, 2.45) is 5.92 Å². The first-order valence-corrected chi connectivity index (χ1v) is 7.43. The van der Waals surface area contributed by atoms with Crippen molar-refractivity contribution in [3.8, 4) is 0 Å². The van der Waals surface area contributed by atoms with E-state index in [1.807, 2.05) is 30.3 Å². The van der Waals surface area contributed by atoms with E-state index < -0.39 is 0 Å². The predicted octanol–water partition coefficient (Wildman–Crippen LogP) is 4.13. The number of benzene rings is 2. The number of nitrogens with one attached hydrogen (secondary N) is 1. The Bertz CT molecular complexity index is 634. The lowest BCUT2D eigenvalue weighted by Gasteiger charge is -2.13. The second-order valence-electron chi connectivity index (χ2n) is 5.31. The van der Waals surface area contributed by atoms with Crippen LogP contribution in [0.15, 0.2) is 40.9 Å². The highest BCUT2D eigenvalue weighted by molar-refractivity contribution is 9.10. The van der Waals surface area contributed by atoms with Crippen molar-refractivity contribution in [1.29, 1.82) is 0 Å². The van der Waals surface area contributed by atoms with Crippen LogP contribution in [-0.4, -0.2) is 11.9 Å². The van der Waals surface area contributed by atoms with Crippen molar-refractivity contribution in [1.82, 2.24) is 5.32 Å². The van der Waals surface area contributed by atoms with Gasteiger partial charge in [-0.3, -0.25) is 4.79 Å². The van der Waals surface area contributed by atoms with E-state index in [-0.39, 0.29) is 11.9 Å². The lowest BCUT2D eigenvalue weighted by atomic mass is 10.1. The molecule has 2 aromatic carbocycles. The Hall–Kier alpha value is -1.35. The normalized spacial score (nSPS) is 16.3. The van der Waals surface area contributed by atoms with Crippen LogP contribution < -0.4 is 5.32 Å². The fourth-order valence-electron chi connectivity index (χ4n) is 2.36. The van der Waals surface area contributed by atoms with Crippen LogP contribution in [0.2, 0.25) is 0 Å². The van der Waals surface area contributed by atoms with Gasteiger partial charge in [-0.25, -0.2) is 0 Å². The van der Waals surface area contributed by atoms with E-state index in [1.54, 1.807) is 0 Å². The molecule has 1 N–H and O–H groups in total. The van der Waals surface area contributed by atoms with Gasteiger partial charge in [0, 0.05) is 16.1 Å². The van der Waals surface area contributed by atoms with E-state index in [2.05, 4.69) is 34.2 Å². The molecule has 1 aliphatic carbocycles. The van der Waals surface area contributed by atoms with Gasteiger partial charge in [0.15, 0.2) is 0 Å². The minimum absolute atomic E-state index is 0.0317. The van der Waals surface area contributed by atoms with Crippen molar-refractivity contribution < 1.29 is 4.79 Å². The number of carbonyl (C=O) groups excluding carboxylic acids is 1. The summed E-state index contributed by atoms with van der Waals surface area (Å²) in [6, 6.07) is 12.2. The molecule has 1 amide bonds. The Labute approximate surface area is 121 Å². The molecule has 1 fully saturated rings. The van der Waals surface area contributed by atoms with E-state index in [4.69, 9.17) is 0 Å². The molecule has 0 aromatic heterocycles. The zero-order chi connectivity index (χ0) is 13.4. The lowest BCUT2D eigenvalue weighted by Crippen LogP contribution is -2.33. The fourth-order valence-corrected chi connectivity index (χ4v) is 2.74. The summed E-state index contributed by atoms with van der Waals surface area (Å²) < 4.78 is 1.06. The van der Waals surface area contributed by atoms with Gasteiger partial charge in [0.1, 0.15) is 0 Å². The Balaban J connectivity index is 1.83. The molecule has 0 aliphatic heterocycles. The van der Waals surface area contributed by atoms with E-state index >= 15 is 0 Å². The van der Waals surface area contributed by atoms with Gasteiger partial charge >= 0.3 is 0 Å². The van der Waals surface area contributed by atoms with E-state index in [1.165, 1.54) is 12.8 Å². The third kappa shape index (κ3) is 2.81. The van der Waals surface area contributed by atoms with Crippen molar-refractivity contribution in [2.75, 3.05) is 0 Å². The van der Waals surface area contributed by atoms with Gasteiger partial charge in [0.25, 0.3) is 5.91 Å². The molecule has 1 atom stereocenters. The van der Waals surface area contributed by atoms with Crippen LogP contribution >= 0.6 is 15.9 Å². The summed E-state index contributed by atoms with van der Waals surface area (Å²) in [6.45, 7) is 2.09. The molecule has 19 heavy (non-hydrogen) atoms. The van der Waals surface area contributed by atoms with Gasteiger partial charge < -0.3 is 5.32 Å². The van der Waals surface area contributed by atoms with E-state index in [0.717, 1.165) is 20.8 Å². The molecule has 3 rings (SSSR count). The molecule has 0 heterocycles. The number of rotatable bonds is 3. The molecular formula is C16H16BrNO. The maximum atomic E-state index is 12.2. The van der Waals surface area contributed by atoms with Gasteiger partial charge in [-0.2, -0.15) is 0 Å². The summed E-state index contributed by atoms with van der Waals surface area (Å²) in [5.41, 5.74) is 0.738. The van der Waals surface area contributed by atoms with E-state index in [0.29, 0.717) is 5.92 Å². The zero-order valence-corrected chi connectivity index (χ0v) is 12.4. The Kier molecular flexibility index (Phi) is 3.31. The Morgan fingerprint density at radius 2 is 1.89 bits per heavy atom. The molecule has 3 heteroatoms. The van der Waals surface area contributed by atoms with Crippen molar-refractivity contribution in [3.63, 3.8) is 0 Å². The van der Waals surface area contributed by atoms with Crippen LogP contribution in [0.4, 0.5) is 0 Å². The minimum Gasteiger partial charge on any atom is -0.349 e. The molecule has 98 valence electrons. The van der Waals surface area contributed by atoms with Gasteiger partial charge in [-0.15, -0.1) is 0 Å². The van der Waals surface area contributed by atoms with Crippen molar-refractivity contribution >= 4 is 32.6 Å². The number of halogens is 1. The van der Waals surface area contributed by atoms with Crippen molar-refractivity contribution in [2.45, 2.75) is 25.8 Å². The van der Waals surface area contributed by atoms with E-state index in [9.17, 15) is 4.79 Å². The number of amides is 1. The first kappa shape index (κ1) is 12.7. The summed E-state index contributed by atoms with van der Waals surface area (Å²) in [6.07, 6.45) is 2.49. The lowest BCUT2D eigenvalue weighted by molar-refractivity contribution is 0.0936. The maximum absolute atomic E-state index is 12.2. The highest BCUT2D eigenvalue weighted by atomic mass is 79.9. The van der Waals surface area contributed by atoms with Crippen LogP contribution in [0.25, 0.3) is 10.8 Å². The molecule has 0 spiro atoms. The third-order valence-corrected chi connectivity index (χ3v) is 4.25. The molecular weight excluding hydrogens is 302 g/mol. The largest absolute Gasteiger partial charge is 0.349 e. The minimum atomic E-state index is 0.0317. The van der Waals surface area contributed by atoms with Crippen LogP contribution in [0.3, 0.4) is 0 Å². The average molecular weight is 318 g/mol. The van der Waals surface area contributed by atoms with Crippen LogP contribution in [0.5, 0.6) is 0 Å². The van der Waals surface area contributed by atoms with Crippen LogP contribution in [0, 0.1) is 5.92 Å². The first-order valence-electron chi connectivity index (χ1n) is 6.64. The summed E-state index contributed by atoms with van der Waals surface area (Å²) in [4.78, 5) is 12.2. The Morgan fingerprint density at radius 3 is 2.63 bits per heavy atom. The number of carbonyl (C=O) groups is 1. The molecule has 0 radical (unpaired) electrons. The third-order valence-electron chi connectivity index (χ3n) is 3.75. The smallest absolute Gasteiger partial charge is 0.251 e. The highest BCUT2D eigenvalue weighted by Crippen LogP contribution is 2.32. The maximum Gasteiger partial charge on any atom is 0.251 e. The van der Waals surface area contributed by atoms with Crippen LogP contribution in [-0.2, 0) is 0 Å². The molecule has 0 saturated heterocycles. The standard InChI is InChI=1S/C16H16BrNO/c1-10(11-2-3-11)18-16(19)14-5-4-13-9-15(17)7-6-12(13)8-14/h4-11H,2-3H2,1H3,(H,18,19). The van der Waals surface area contributed by atoms with Crippen LogP contribution in [0.1, 0.15) is 30.1 Å². The predicted molar refractivity (Wildman–Crippen MR) is 81.3 cm³/mol. The molecule has 0 bridgehead atoms. The summed E-state index contributed by atoms with van der Waals surface area (Å²) in [7, 11) is 0. The number of fused-ring (bicyclic) bond motifs is 1. The molecule has 1 unspecified atom stereocenters. The molecule has 1 saturated carbocycles. The summed E-state index contributed by atoms with van der Waals surface area (Å²) in [5.74, 6) is 0.713. The number of hydrogen-bond donors (Lipinski definition) is 1. The second-order valence-corrected chi connectivity index (χ2v) is 6.22. The summed E-state index contributed by atoms with van der Waals surface area (Å²) in [5, 5.41) is 5.32. The monoisotopic (exact) mass is 317 g/mol. The molecule has 2 aromatic rings. The SMILES string of the molecule is CC(NC(=O)c1ccc2cc(Br)ccc2c1)C1CC1. The topological polar surface area (TPSA) is 29.1 Å². The average Bonchev–Trinajstić information content (AvgIpc) is 3.22. The molecule has 1 aliphatic rings. The Morgan fingerprint density at radius 1 is 1.21 bits per heavy atom. The summed E-state index contributed by atoms with van der Waals surface area (Å²) >= 11 is 3.46.